The second-order valence-corrected chi connectivity index (χ2v) is 7.83. The quantitative estimate of drug-likeness (QED) is 0.682. The molecule has 2 heterocycles. The Bertz CT molecular complexity index is 954. The number of rotatable bonds is 6. The molecule has 9 heteroatoms. The maximum absolute atomic E-state index is 13.2. The molecule has 2 amide bonds. The number of aryl methyl sites for hydroxylation is 1. The summed E-state index contributed by atoms with van der Waals surface area (Å²) in [5, 5.41) is 2.86. The van der Waals surface area contributed by atoms with Crippen molar-refractivity contribution in [1.82, 2.24) is 9.88 Å². The van der Waals surface area contributed by atoms with E-state index in [-0.39, 0.29) is 11.8 Å². The summed E-state index contributed by atoms with van der Waals surface area (Å²) in [6.45, 7) is 3.60. The third-order valence-corrected chi connectivity index (χ3v) is 6.10. The van der Waals surface area contributed by atoms with Crippen LogP contribution in [-0.2, 0) is 16.0 Å². The smallest absolute Gasteiger partial charge is 0.339 e. The first kappa shape index (κ1) is 21.8. The number of ether oxygens (including phenoxy) is 2. The molecule has 1 atom stereocenters. The standard InChI is InChI=1S/C21H25N3O5S/c1-5-15-17(21(27)29-4)12(2)18(23-15)20(26)24-11-30-10-16(24)19(25)22-13-6-8-14(28-3)9-7-13/h6-9,16,23H,5,10-11H2,1-4H3,(H,22,25). The third kappa shape index (κ3) is 4.16. The summed E-state index contributed by atoms with van der Waals surface area (Å²) in [4.78, 5) is 42.8. The number of methoxy groups -OCH3 is 2. The number of nitrogens with zero attached hydrogens (tertiary/aromatic N) is 1. The molecule has 2 aromatic rings. The van der Waals surface area contributed by atoms with Crippen LogP contribution in [0.15, 0.2) is 24.3 Å². The van der Waals surface area contributed by atoms with Crippen molar-refractivity contribution >= 4 is 35.2 Å². The number of benzene rings is 1. The SMILES string of the molecule is CCc1[nH]c(C(=O)N2CSCC2C(=O)Nc2ccc(OC)cc2)c(C)c1C(=O)OC. The molecule has 0 saturated carbocycles. The van der Waals surface area contributed by atoms with Gasteiger partial charge in [0.2, 0.25) is 5.91 Å². The van der Waals surface area contributed by atoms with E-state index in [9.17, 15) is 14.4 Å². The first-order valence-corrected chi connectivity index (χ1v) is 10.7. The van der Waals surface area contributed by atoms with Gasteiger partial charge < -0.3 is 24.7 Å². The maximum Gasteiger partial charge on any atom is 0.339 e. The molecule has 1 aromatic carbocycles. The van der Waals surface area contributed by atoms with Crippen molar-refractivity contribution in [2.75, 3.05) is 31.2 Å². The van der Waals surface area contributed by atoms with Crippen molar-refractivity contribution in [2.24, 2.45) is 0 Å². The molecular formula is C21H25N3O5S. The average molecular weight is 432 g/mol. The zero-order valence-corrected chi connectivity index (χ0v) is 18.2. The van der Waals surface area contributed by atoms with Crippen molar-refractivity contribution in [1.29, 1.82) is 0 Å². The highest BCUT2D eigenvalue weighted by molar-refractivity contribution is 7.99. The van der Waals surface area contributed by atoms with Crippen LogP contribution in [0.1, 0.15) is 39.0 Å². The summed E-state index contributed by atoms with van der Waals surface area (Å²) >= 11 is 1.51. The van der Waals surface area contributed by atoms with Gasteiger partial charge in [0.15, 0.2) is 0 Å². The van der Waals surface area contributed by atoms with E-state index in [2.05, 4.69) is 10.3 Å². The lowest BCUT2D eigenvalue weighted by Gasteiger charge is -2.23. The monoisotopic (exact) mass is 431 g/mol. The summed E-state index contributed by atoms with van der Waals surface area (Å²) in [6.07, 6.45) is 0.550. The number of hydrogen-bond acceptors (Lipinski definition) is 6. The molecule has 1 saturated heterocycles. The lowest BCUT2D eigenvalue weighted by atomic mass is 10.1. The normalized spacial score (nSPS) is 15.7. The van der Waals surface area contributed by atoms with Crippen molar-refractivity contribution in [3.8, 4) is 5.75 Å². The van der Waals surface area contributed by atoms with Crippen LogP contribution < -0.4 is 10.1 Å². The molecular weight excluding hydrogens is 406 g/mol. The maximum atomic E-state index is 13.2. The fourth-order valence-corrected chi connectivity index (χ4v) is 4.57. The number of esters is 1. The van der Waals surface area contributed by atoms with Gasteiger partial charge in [-0.3, -0.25) is 9.59 Å². The Kier molecular flexibility index (Phi) is 6.71. The van der Waals surface area contributed by atoms with Gasteiger partial charge in [0.1, 0.15) is 17.5 Å². The van der Waals surface area contributed by atoms with Crippen molar-refractivity contribution < 1.29 is 23.9 Å². The molecule has 0 radical (unpaired) electrons. The average Bonchev–Trinajstić information content (AvgIpc) is 3.38. The van der Waals surface area contributed by atoms with Crippen LogP contribution in [-0.4, -0.2) is 59.6 Å². The minimum atomic E-state index is -0.612. The summed E-state index contributed by atoms with van der Waals surface area (Å²) in [6, 6.07) is 6.39. The van der Waals surface area contributed by atoms with Crippen molar-refractivity contribution in [2.45, 2.75) is 26.3 Å². The van der Waals surface area contributed by atoms with Crippen LogP contribution in [0.3, 0.4) is 0 Å². The van der Waals surface area contributed by atoms with Gasteiger partial charge in [0.25, 0.3) is 5.91 Å². The highest BCUT2D eigenvalue weighted by atomic mass is 32.2. The Hall–Kier alpha value is -2.94. The highest BCUT2D eigenvalue weighted by Gasteiger charge is 2.37. The number of thioether (sulfide) groups is 1. The molecule has 1 aliphatic heterocycles. The summed E-state index contributed by atoms with van der Waals surface area (Å²) in [7, 11) is 2.89. The Morgan fingerprint density at radius 2 is 1.93 bits per heavy atom. The van der Waals surface area contributed by atoms with Gasteiger partial charge in [0, 0.05) is 17.1 Å². The highest BCUT2D eigenvalue weighted by Crippen LogP contribution is 2.28. The Balaban J connectivity index is 1.81. The Morgan fingerprint density at radius 3 is 2.53 bits per heavy atom. The Morgan fingerprint density at radius 1 is 1.23 bits per heavy atom. The molecule has 0 spiro atoms. The van der Waals surface area contributed by atoms with E-state index in [4.69, 9.17) is 9.47 Å². The van der Waals surface area contributed by atoms with Gasteiger partial charge >= 0.3 is 5.97 Å². The first-order valence-electron chi connectivity index (χ1n) is 9.54. The second kappa shape index (κ2) is 9.25. The number of aromatic nitrogens is 1. The zero-order chi connectivity index (χ0) is 21.8. The third-order valence-electron chi connectivity index (χ3n) is 5.09. The lowest BCUT2D eigenvalue weighted by Crippen LogP contribution is -2.44. The Labute approximate surface area is 179 Å². The summed E-state index contributed by atoms with van der Waals surface area (Å²) in [5.74, 6) is 0.537. The van der Waals surface area contributed by atoms with E-state index in [0.29, 0.717) is 52.0 Å². The number of carbonyl (C=O) groups excluding carboxylic acids is 3. The van der Waals surface area contributed by atoms with Gasteiger partial charge in [-0.25, -0.2) is 4.79 Å². The van der Waals surface area contributed by atoms with E-state index < -0.39 is 12.0 Å². The number of nitrogens with one attached hydrogen (secondary N) is 2. The fraction of sp³-hybridized carbons (Fsp3) is 0.381. The molecule has 1 unspecified atom stereocenters. The molecule has 1 aromatic heterocycles. The molecule has 2 N–H and O–H groups in total. The summed E-state index contributed by atoms with van der Waals surface area (Å²) in [5.41, 5.74) is 2.51. The number of H-pyrrole nitrogens is 1. The largest absolute Gasteiger partial charge is 0.497 e. The molecule has 0 bridgehead atoms. The van der Waals surface area contributed by atoms with Crippen LogP contribution in [0.4, 0.5) is 5.69 Å². The molecule has 1 fully saturated rings. The molecule has 160 valence electrons. The molecule has 0 aliphatic carbocycles. The minimum absolute atomic E-state index is 0.258. The predicted octanol–water partition coefficient (Wildman–Crippen LogP) is 2.83. The van der Waals surface area contributed by atoms with Gasteiger partial charge in [0.05, 0.1) is 25.7 Å². The summed E-state index contributed by atoms with van der Waals surface area (Å²) < 4.78 is 9.98. The number of carbonyl (C=O) groups is 3. The van der Waals surface area contributed by atoms with Crippen molar-refractivity contribution in [3.05, 3.63) is 46.8 Å². The second-order valence-electron chi connectivity index (χ2n) is 6.83. The van der Waals surface area contributed by atoms with Crippen molar-refractivity contribution in [3.63, 3.8) is 0 Å². The van der Waals surface area contributed by atoms with Crippen LogP contribution >= 0.6 is 11.8 Å². The van der Waals surface area contributed by atoms with Gasteiger partial charge in [-0.2, -0.15) is 0 Å². The van der Waals surface area contributed by atoms with E-state index in [1.54, 1.807) is 38.3 Å². The van der Waals surface area contributed by atoms with Crippen LogP contribution in [0.2, 0.25) is 0 Å². The van der Waals surface area contributed by atoms with Gasteiger partial charge in [-0.1, -0.05) is 6.92 Å². The van der Waals surface area contributed by atoms with Crippen LogP contribution in [0.25, 0.3) is 0 Å². The minimum Gasteiger partial charge on any atom is -0.497 e. The fourth-order valence-electron chi connectivity index (χ4n) is 3.42. The molecule has 30 heavy (non-hydrogen) atoms. The zero-order valence-electron chi connectivity index (χ0n) is 17.4. The number of amides is 2. The van der Waals surface area contributed by atoms with E-state index >= 15 is 0 Å². The predicted molar refractivity (Wildman–Crippen MR) is 115 cm³/mol. The number of hydrogen-bond donors (Lipinski definition) is 2. The van der Waals surface area contributed by atoms with E-state index in [1.807, 2.05) is 6.92 Å². The van der Waals surface area contributed by atoms with E-state index in [0.717, 1.165) is 0 Å². The molecule has 8 nitrogen and oxygen atoms in total. The number of aromatic amines is 1. The molecule has 3 rings (SSSR count). The lowest BCUT2D eigenvalue weighted by molar-refractivity contribution is -0.119. The van der Waals surface area contributed by atoms with Crippen LogP contribution in [0, 0.1) is 6.92 Å². The van der Waals surface area contributed by atoms with Crippen LogP contribution in [0.5, 0.6) is 5.75 Å². The first-order chi connectivity index (χ1) is 14.4. The molecule has 1 aliphatic rings. The topological polar surface area (TPSA) is 101 Å². The van der Waals surface area contributed by atoms with Gasteiger partial charge in [-0.05, 0) is 43.2 Å². The van der Waals surface area contributed by atoms with E-state index in [1.165, 1.54) is 23.8 Å². The van der Waals surface area contributed by atoms with Gasteiger partial charge in [-0.15, -0.1) is 11.8 Å². The number of anilines is 1.